The number of halogens is 1. The van der Waals surface area contributed by atoms with Gasteiger partial charge < -0.3 is 9.26 Å². The number of esters is 1. The molecule has 2 aromatic heterocycles. The van der Waals surface area contributed by atoms with Crippen LogP contribution < -0.4 is 5.56 Å². The summed E-state index contributed by atoms with van der Waals surface area (Å²) in [5, 5.41) is 8.35. The van der Waals surface area contributed by atoms with Gasteiger partial charge in [0.15, 0.2) is 0 Å². The molecule has 0 unspecified atom stereocenters. The third kappa shape index (κ3) is 2.86. The van der Waals surface area contributed by atoms with Crippen LogP contribution in [0.5, 0.6) is 0 Å². The van der Waals surface area contributed by atoms with Crippen LogP contribution in [0.25, 0.3) is 16.9 Å². The number of benzene rings is 1. The Balaban J connectivity index is 2.24. The summed E-state index contributed by atoms with van der Waals surface area (Å²) in [6.07, 6.45) is 2.57. The summed E-state index contributed by atoms with van der Waals surface area (Å²) in [6.45, 7) is 0. The van der Waals surface area contributed by atoms with Crippen LogP contribution in [-0.4, -0.2) is 28.0 Å². The lowest BCUT2D eigenvalue weighted by atomic mass is 10.1. The van der Waals surface area contributed by atoms with Gasteiger partial charge in [0, 0.05) is 10.6 Å². The molecule has 0 amide bonds. The van der Waals surface area contributed by atoms with Gasteiger partial charge in [-0.3, -0.25) is 4.79 Å². The molecule has 8 heteroatoms. The number of carbonyl (C=O) groups excluding carboxylic acids is 1. The van der Waals surface area contributed by atoms with E-state index in [9.17, 15) is 9.59 Å². The van der Waals surface area contributed by atoms with E-state index in [-0.39, 0.29) is 5.56 Å². The summed E-state index contributed by atoms with van der Waals surface area (Å²) in [5.74, 6) is -0.752. The van der Waals surface area contributed by atoms with Crippen LogP contribution in [0, 0.1) is 0 Å². The molecule has 7 nitrogen and oxygen atoms in total. The van der Waals surface area contributed by atoms with Crippen LogP contribution in [-0.2, 0) is 4.74 Å². The molecule has 1 aromatic carbocycles. The lowest BCUT2D eigenvalue weighted by molar-refractivity contribution is 0.0598. The van der Waals surface area contributed by atoms with E-state index in [0.717, 1.165) is 4.68 Å². The summed E-state index contributed by atoms with van der Waals surface area (Å²) in [6, 6.07) is 8.21. The van der Waals surface area contributed by atoms with E-state index in [1.165, 1.54) is 25.6 Å². The number of nitrogens with zero attached hydrogens (tertiary/aromatic N) is 3. The lowest BCUT2D eigenvalue weighted by Gasteiger charge is -2.08. The monoisotopic (exact) mass is 331 g/mol. The molecule has 0 aliphatic carbocycles. The van der Waals surface area contributed by atoms with Crippen molar-refractivity contribution in [2.75, 3.05) is 7.11 Å². The fourth-order valence-electron chi connectivity index (χ4n) is 1.99. The zero-order valence-electron chi connectivity index (χ0n) is 11.9. The van der Waals surface area contributed by atoms with E-state index in [2.05, 4.69) is 15.0 Å². The third-order valence-corrected chi connectivity index (χ3v) is 3.37. The van der Waals surface area contributed by atoms with Crippen molar-refractivity contribution in [3.63, 3.8) is 0 Å². The first-order valence-corrected chi connectivity index (χ1v) is 6.86. The normalized spacial score (nSPS) is 10.5. The Hall–Kier alpha value is -2.93. The molecule has 0 N–H and O–H groups in total. The van der Waals surface area contributed by atoms with E-state index in [4.69, 9.17) is 16.1 Å². The minimum Gasteiger partial charge on any atom is -0.465 e. The van der Waals surface area contributed by atoms with Crippen LogP contribution in [0.1, 0.15) is 10.4 Å². The van der Waals surface area contributed by atoms with E-state index < -0.39 is 11.5 Å². The Morgan fingerprint density at radius 3 is 2.65 bits per heavy atom. The van der Waals surface area contributed by atoms with Gasteiger partial charge in [0.25, 0.3) is 5.56 Å². The van der Waals surface area contributed by atoms with Gasteiger partial charge in [-0.2, -0.15) is 9.78 Å². The van der Waals surface area contributed by atoms with Crippen molar-refractivity contribution in [2.45, 2.75) is 0 Å². The Morgan fingerprint density at radius 1 is 1.30 bits per heavy atom. The zero-order valence-corrected chi connectivity index (χ0v) is 12.6. The van der Waals surface area contributed by atoms with Gasteiger partial charge in [-0.1, -0.05) is 28.9 Å². The second-order valence-corrected chi connectivity index (χ2v) is 4.98. The molecule has 0 atom stereocenters. The van der Waals surface area contributed by atoms with Crippen LogP contribution in [0.2, 0.25) is 5.02 Å². The topological polar surface area (TPSA) is 87.2 Å². The number of rotatable bonds is 3. The largest absolute Gasteiger partial charge is 0.465 e. The molecule has 23 heavy (non-hydrogen) atoms. The van der Waals surface area contributed by atoms with Crippen LogP contribution in [0.4, 0.5) is 0 Å². The van der Waals surface area contributed by atoms with Crippen molar-refractivity contribution in [1.29, 1.82) is 0 Å². The Labute approximate surface area is 135 Å². The summed E-state index contributed by atoms with van der Waals surface area (Å²) in [5.41, 5.74) is 0.620. The van der Waals surface area contributed by atoms with Crippen LogP contribution in [0.15, 0.2) is 52.1 Å². The van der Waals surface area contributed by atoms with Crippen molar-refractivity contribution in [3.05, 3.63) is 63.7 Å². The van der Waals surface area contributed by atoms with E-state index >= 15 is 0 Å². The molecule has 3 rings (SSSR count). The van der Waals surface area contributed by atoms with Crippen molar-refractivity contribution < 1.29 is 14.1 Å². The quantitative estimate of drug-likeness (QED) is 0.684. The molecule has 116 valence electrons. The maximum Gasteiger partial charge on any atom is 0.343 e. The number of methoxy groups -OCH3 is 1. The average Bonchev–Trinajstić information content (AvgIpc) is 3.09. The summed E-state index contributed by atoms with van der Waals surface area (Å²) >= 11 is 5.87. The minimum absolute atomic E-state index is 0.145. The molecule has 0 fully saturated rings. The number of aromatic nitrogens is 3. The summed E-state index contributed by atoms with van der Waals surface area (Å²) in [7, 11) is 1.20. The van der Waals surface area contributed by atoms with Gasteiger partial charge in [0.05, 0.1) is 19.0 Å². The first-order valence-electron chi connectivity index (χ1n) is 6.48. The SMILES string of the molecule is COC(=O)c1cc(-c2ccc(Cl)cc2)nn(-c2cnoc2)c1=O. The number of ether oxygens (including phenoxy) is 1. The molecule has 3 aromatic rings. The Kier molecular flexibility index (Phi) is 3.94. The number of carbonyl (C=O) groups is 1. The molecule has 2 heterocycles. The van der Waals surface area contributed by atoms with E-state index in [1.54, 1.807) is 24.3 Å². The fourth-order valence-corrected chi connectivity index (χ4v) is 2.12. The van der Waals surface area contributed by atoms with E-state index in [0.29, 0.717) is 22.0 Å². The third-order valence-electron chi connectivity index (χ3n) is 3.12. The van der Waals surface area contributed by atoms with Gasteiger partial charge in [0.2, 0.25) is 0 Å². The average molecular weight is 332 g/mol. The smallest absolute Gasteiger partial charge is 0.343 e. The summed E-state index contributed by atoms with van der Waals surface area (Å²) in [4.78, 5) is 24.3. The zero-order chi connectivity index (χ0) is 16.4. The van der Waals surface area contributed by atoms with Crippen molar-refractivity contribution >= 4 is 17.6 Å². The Bertz CT molecular complexity index is 901. The molecule has 0 saturated carbocycles. The highest BCUT2D eigenvalue weighted by Gasteiger charge is 2.18. The molecule has 0 bridgehead atoms. The molecule has 0 aliphatic heterocycles. The Morgan fingerprint density at radius 2 is 2.04 bits per heavy atom. The molecule has 0 saturated heterocycles. The highest BCUT2D eigenvalue weighted by molar-refractivity contribution is 6.30. The highest BCUT2D eigenvalue weighted by Crippen LogP contribution is 2.20. The van der Waals surface area contributed by atoms with Crippen molar-refractivity contribution in [1.82, 2.24) is 14.9 Å². The lowest BCUT2D eigenvalue weighted by Crippen LogP contribution is -2.28. The molecule has 0 radical (unpaired) electrons. The molecular weight excluding hydrogens is 322 g/mol. The van der Waals surface area contributed by atoms with Gasteiger partial charge in [-0.05, 0) is 18.2 Å². The van der Waals surface area contributed by atoms with Gasteiger partial charge in [-0.25, -0.2) is 4.79 Å². The molecule has 0 aliphatic rings. The fraction of sp³-hybridized carbons (Fsp3) is 0.0667. The highest BCUT2D eigenvalue weighted by atomic mass is 35.5. The van der Waals surface area contributed by atoms with Crippen LogP contribution >= 0.6 is 11.6 Å². The maximum absolute atomic E-state index is 12.4. The van der Waals surface area contributed by atoms with Crippen LogP contribution in [0.3, 0.4) is 0 Å². The van der Waals surface area contributed by atoms with Crippen molar-refractivity contribution in [2.24, 2.45) is 0 Å². The second kappa shape index (κ2) is 6.05. The van der Waals surface area contributed by atoms with Crippen molar-refractivity contribution in [3.8, 4) is 16.9 Å². The van der Waals surface area contributed by atoms with Gasteiger partial charge in [0.1, 0.15) is 17.5 Å². The predicted octanol–water partition coefficient (Wildman–Crippen LogP) is 2.33. The van der Waals surface area contributed by atoms with Gasteiger partial charge in [-0.15, -0.1) is 0 Å². The van der Waals surface area contributed by atoms with E-state index in [1.807, 2.05) is 0 Å². The first kappa shape index (κ1) is 15.0. The second-order valence-electron chi connectivity index (χ2n) is 4.54. The van der Waals surface area contributed by atoms with Gasteiger partial charge >= 0.3 is 5.97 Å². The number of hydrogen-bond donors (Lipinski definition) is 0. The molecule has 0 spiro atoms. The standard InChI is InChI=1S/C15H10ClN3O4/c1-22-15(21)12-6-13(9-2-4-10(16)5-3-9)18-19(14(12)20)11-7-17-23-8-11/h2-8H,1H3. The first-order chi connectivity index (χ1) is 11.1. The number of hydrogen-bond acceptors (Lipinski definition) is 6. The maximum atomic E-state index is 12.4. The summed E-state index contributed by atoms with van der Waals surface area (Å²) < 4.78 is 10.4. The minimum atomic E-state index is -0.752. The predicted molar refractivity (Wildman–Crippen MR) is 81.7 cm³/mol. The molecular formula is C15H10ClN3O4.